The molecule has 2 nitrogen and oxygen atoms in total. The summed E-state index contributed by atoms with van der Waals surface area (Å²) in [5.41, 5.74) is 0. The van der Waals surface area contributed by atoms with Crippen molar-refractivity contribution < 1.29 is 17.6 Å². The van der Waals surface area contributed by atoms with Crippen LogP contribution < -0.4 is 0 Å². The maximum Gasteiger partial charge on any atom is 0.263 e. The lowest BCUT2D eigenvalue weighted by atomic mass is 10.1. The van der Waals surface area contributed by atoms with Crippen molar-refractivity contribution in [2.75, 3.05) is 26.2 Å². The van der Waals surface area contributed by atoms with Crippen LogP contribution in [0.5, 0.6) is 0 Å². The first-order valence-electron chi connectivity index (χ1n) is 5.14. The second-order valence-electron chi connectivity index (χ2n) is 4.30. The average Bonchev–Trinajstić information content (AvgIpc) is 2.46. The quantitative estimate of drug-likeness (QED) is 0.670. The van der Waals surface area contributed by atoms with Gasteiger partial charge in [-0.2, -0.15) is 0 Å². The SMILES string of the molecule is Cl.FC1(F)CCN(N2CCC(F)(F)C2)CC1. The standard InChI is InChI=1S/C9H14F4N2.ClH/c10-8(11)1-4-14(5-2-8)15-6-3-9(12,13)7-15;/h1-7H2;1H. The smallest absolute Gasteiger partial charge is 0.241 e. The predicted molar refractivity (Wildman–Crippen MR) is 54.1 cm³/mol. The number of piperidine rings is 1. The Morgan fingerprint density at radius 3 is 1.56 bits per heavy atom. The summed E-state index contributed by atoms with van der Waals surface area (Å²) in [5, 5.41) is 3.15. The fourth-order valence-electron chi connectivity index (χ4n) is 2.06. The lowest BCUT2D eigenvalue weighted by molar-refractivity contribution is -0.120. The van der Waals surface area contributed by atoms with E-state index in [4.69, 9.17) is 0 Å². The minimum absolute atomic E-state index is 0. The number of alkyl halides is 4. The molecule has 0 unspecified atom stereocenters. The van der Waals surface area contributed by atoms with Crippen LogP contribution in [0.2, 0.25) is 0 Å². The van der Waals surface area contributed by atoms with Gasteiger partial charge in [0.25, 0.3) is 11.8 Å². The van der Waals surface area contributed by atoms with E-state index in [2.05, 4.69) is 0 Å². The molecule has 0 saturated carbocycles. The summed E-state index contributed by atoms with van der Waals surface area (Å²) in [4.78, 5) is 0. The third-order valence-electron chi connectivity index (χ3n) is 3.02. The molecule has 2 aliphatic rings. The Bertz CT molecular complexity index is 240. The van der Waals surface area contributed by atoms with E-state index in [1.165, 1.54) is 5.01 Å². The van der Waals surface area contributed by atoms with Crippen LogP contribution >= 0.6 is 12.4 Å². The van der Waals surface area contributed by atoms with E-state index in [-0.39, 0.29) is 57.8 Å². The lowest BCUT2D eigenvalue weighted by Gasteiger charge is -2.37. The maximum atomic E-state index is 12.9. The summed E-state index contributed by atoms with van der Waals surface area (Å²) in [6.07, 6.45) is -0.621. The molecule has 2 fully saturated rings. The highest BCUT2D eigenvalue weighted by Gasteiger charge is 2.43. The molecule has 0 amide bonds. The van der Waals surface area contributed by atoms with E-state index in [1.54, 1.807) is 5.01 Å². The van der Waals surface area contributed by atoms with Crippen molar-refractivity contribution in [3.8, 4) is 0 Å². The Morgan fingerprint density at radius 1 is 0.688 bits per heavy atom. The van der Waals surface area contributed by atoms with Crippen LogP contribution in [0.25, 0.3) is 0 Å². The Hall–Kier alpha value is -0.0700. The van der Waals surface area contributed by atoms with Gasteiger partial charge in [-0.3, -0.25) is 0 Å². The molecule has 0 bridgehead atoms. The van der Waals surface area contributed by atoms with Crippen LogP contribution in [0, 0.1) is 0 Å². The normalized spacial score (nSPS) is 30.0. The van der Waals surface area contributed by atoms with E-state index in [1.807, 2.05) is 0 Å². The van der Waals surface area contributed by atoms with Crippen LogP contribution in [-0.2, 0) is 0 Å². The zero-order valence-corrected chi connectivity index (χ0v) is 9.58. The van der Waals surface area contributed by atoms with Crippen molar-refractivity contribution in [3.63, 3.8) is 0 Å². The van der Waals surface area contributed by atoms with E-state index in [0.717, 1.165) is 0 Å². The van der Waals surface area contributed by atoms with E-state index in [9.17, 15) is 17.6 Å². The molecule has 2 aliphatic heterocycles. The lowest BCUT2D eigenvalue weighted by Crippen LogP contribution is -2.49. The molecule has 2 saturated heterocycles. The van der Waals surface area contributed by atoms with Crippen molar-refractivity contribution >= 4 is 12.4 Å². The second-order valence-corrected chi connectivity index (χ2v) is 4.30. The highest BCUT2D eigenvalue weighted by Crippen LogP contribution is 2.32. The first kappa shape index (κ1) is 14.0. The van der Waals surface area contributed by atoms with Crippen molar-refractivity contribution in [1.82, 2.24) is 10.0 Å². The van der Waals surface area contributed by atoms with Crippen LogP contribution in [0.4, 0.5) is 17.6 Å². The number of hydrazine groups is 1. The van der Waals surface area contributed by atoms with Crippen LogP contribution in [0.1, 0.15) is 19.3 Å². The third-order valence-corrected chi connectivity index (χ3v) is 3.02. The zero-order chi connectivity index (χ0) is 11.1. The molecule has 96 valence electrons. The minimum Gasteiger partial charge on any atom is -0.241 e. The molecule has 0 aromatic rings. The Kier molecular flexibility index (Phi) is 4.08. The molecule has 0 radical (unpaired) electrons. The molecule has 0 aromatic carbocycles. The molecule has 0 spiro atoms. The molecular weight excluding hydrogens is 248 g/mol. The largest absolute Gasteiger partial charge is 0.263 e. The van der Waals surface area contributed by atoms with Crippen molar-refractivity contribution in [2.24, 2.45) is 0 Å². The van der Waals surface area contributed by atoms with Crippen molar-refractivity contribution in [3.05, 3.63) is 0 Å². The van der Waals surface area contributed by atoms with E-state index < -0.39 is 11.8 Å². The van der Waals surface area contributed by atoms with Gasteiger partial charge in [0.1, 0.15) is 0 Å². The number of halogens is 5. The van der Waals surface area contributed by atoms with Gasteiger partial charge in [0.2, 0.25) is 0 Å². The molecule has 7 heteroatoms. The Labute approximate surface area is 98.0 Å². The highest BCUT2D eigenvalue weighted by atomic mass is 35.5. The van der Waals surface area contributed by atoms with Gasteiger partial charge in [-0.25, -0.2) is 27.6 Å². The Morgan fingerprint density at radius 2 is 1.12 bits per heavy atom. The average molecular weight is 263 g/mol. The number of hydrogen-bond acceptors (Lipinski definition) is 2. The summed E-state index contributed by atoms with van der Waals surface area (Å²) < 4.78 is 51.4. The summed E-state index contributed by atoms with van der Waals surface area (Å²) >= 11 is 0. The third kappa shape index (κ3) is 3.21. The van der Waals surface area contributed by atoms with Gasteiger partial charge in [0.15, 0.2) is 0 Å². The number of rotatable bonds is 1. The molecule has 2 rings (SSSR count). The second kappa shape index (κ2) is 4.66. The zero-order valence-electron chi connectivity index (χ0n) is 8.76. The monoisotopic (exact) mass is 262 g/mol. The summed E-state index contributed by atoms with van der Waals surface area (Å²) in [7, 11) is 0. The predicted octanol–water partition coefficient (Wildman–Crippen LogP) is 2.40. The molecule has 2 heterocycles. The molecule has 0 aliphatic carbocycles. The van der Waals surface area contributed by atoms with Gasteiger partial charge in [-0.15, -0.1) is 12.4 Å². The van der Waals surface area contributed by atoms with Gasteiger partial charge < -0.3 is 0 Å². The van der Waals surface area contributed by atoms with E-state index in [0.29, 0.717) is 0 Å². The van der Waals surface area contributed by atoms with Gasteiger partial charge in [-0.1, -0.05) is 0 Å². The van der Waals surface area contributed by atoms with Crippen molar-refractivity contribution in [1.29, 1.82) is 0 Å². The molecule has 16 heavy (non-hydrogen) atoms. The van der Waals surface area contributed by atoms with Gasteiger partial charge in [-0.05, 0) is 0 Å². The minimum atomic E-state index is -2.65. The van der Waals surface area contributed by atoms with Crippen molar-refractivity contribution in [2.45, 2.75) is 31.1 Å². The first-order chi connectivity index (χ1) is 6.88. The molecule has 0 atom stereocenters. The first-order valence-corrected chi connectivity index (χ1v) is 5.14. The van der Waals surface area contributed by atoms with Crippen LogP contribution in [-0.4, -0.2) is 48.0 Å². The Balaban J connectivity index is 0.00000128. The van der Waals surface area contributed by atoms with E-state index >= 15 is 0 Å². The molecule has 0 N–H and O–H groups in total. The fourth-order valence-corrected chi connectivity index (χ4v) is 2.06. The summed E-state index contributed by atoms with van der Waals surface area (Å²) in [6.45, 7) is 0.323. The topological polar surface area (TPSA) is 6.48 Å². The highest BCUT2D eigenvalue weighted by molar-refractivity contribution is 5.85. The molecule has 0 aromatic heterocycles. The van der Waals surface area contributed by atoms with Crippen LogP contribution in [0.3, 0.4) is 0 Å². The van der Waals surface area contributed by atoms with Gasteiger partial charge in [0.05, 0.1) is 6.54 Å². The fraction of sp³-hybridized carbons (Fsp3) is 1.00. The number of nitrogens with zero attached hydrogens (tertiary/aromatic N) is 2. The van der Waals surface area contributed by atoms with Gasteiger partial charge in [0, 0.05) is 38.9 Å². The van der Waals surface area contributed by atoms with Gasteiger partial charge >= 0.3 is 0 Å². The summed E-state index contributed by atoms with van der Waals surface area (Å²) in [5.74, 6) is -5.27. The number of hydrogen-bond donors (Lipinski definition) is 0. The molecular formula is C9H15ClF4N2. The van der Waals surface area contributed by atoms with Crippen LogP contribution in [0.15, 0.2) is 0 Å². The summed E-state index contributed by atoms with van der Waals surface area (Å²) in [6, 6.07) is 0. The maximum absolute atomic E-state index is 12.9.